The van der Waals surface area contributed by atoms with Crippen molar-refractivity contribution in [3.8, 4) is 0 Å². The fraction of sp³-hybridized carbons (Fsp3) is 0.231. The Bertz CT molecular complexity index is 1300. The molecule has 4 rings (SSSR count). The standard InChI is InChI=1S/C26H25FN6O2S/c27-21-12-6-4-10-19(21)17-24(35)29-26-33-32-25(36-26)13-7-5-11-20-14-15-22(31-30-20)28-23(34)16-18-8-2-1-3-9-18/h1-4,6,8-10,12,14-15H,5,7,11,13,16-17H2,(H,28,31,34)(H,29,33,35). The molecule has 0 aliphatic rings. The summed E-state index contributed by atoms with van der Waals surface area (Å²) in [5.41, 5.74) is 2.12. The molecular formula is C26H25FN6O2S. The van der Waals surface area contributed by atoms with Crippen LogP contribution < -0.4 is 10.6 Å². The van der Waals surface area contributed by atoms with Gasteiger partial charge >= 0.3 is 0 Å². The lowest BCUT2D eigenvalue weighted by Gasteiger charge is -2.05. The van der Waals surface area contributed by atoms with Crippen LogP contribution in [0, 0.1) is 5.82 Å². The van der Waals surface area contributed by atoms with Crippen molar-refractivity contribution in [1.29, 1.82) is 0 Å². The van der Waals surface area contributed by atoms with Crippen molar-refractivity contribution in [3.63, 3.8) is 0 Å². The first-order valence-electron chi connectivity index (χ1n) is 11.6. The SMILES string of the molecule is O=C(Cc1ccccc1)Nc1ccc(CCCCc2nnc(NC(=O)Cc3ccccc3F)s2)nn1. The van der Waals surface area contributed by atoms with Crippen molar-refractivity contribution in [2.75, 3.05) is 10.6 Å². The molecule has 2 amide bonds. The van der Waals surface area contributed by atoms with Crippen molar-refractivity contribution >= 4 is 34.1 Å². The van der Waals surface area contributed by atoms with E-state index in [0.717, 1.165) is 41.9 Å². The molecule has 2 heterocycles. The van der Waals surface area contributed by atoms with Gasteiger partial charge in [0.25, 0.3) is 0 Å². The number of hydrogen-bond acceptors (Lipinski definition) is 7. The molecule has 36 heavy (non-hydrogen) atoms. The molecule has 8 nitrogen and oxygen atoms in total. The highest BCUT2D eigenvalue weighted by atomic mass is 32.1. The maximum Gasteiger partial charge on any atom is 0.230 e. The van der Waals surface area contributed by atoms with Crippen LogP contribution in [0.25, 0.3) is 0 Å². The average molecular weight is 505 g/mol. The molecule has 0 saturated carbocycles. The monoisotopic (exact) mass is 504 g/mol. The highest BCUT2D eigenvalue weighted by molar-refractivity contribution is 7.15. The van der Waals surface area contributed by atoms with E-state index < -0.39 is 5.82 Å². The maximum absolute atomic E-state index is 13.7. The Hall–Kier alpha value is -4.05. The lowest BCUT2D eigenvalue weighted by atomic mass is 10.1. The molecule has 0 fully saturated rings. The van der Waals surface area contributed by atoms with Gasteiger partial charge in [0.05, 0.1) is 18.5 Å². The molecule has 10 heteroatoms. The van der Waals surface area contributed by atoms with Gasteiger partial charge in [0.15, 0.2) is 5.82 Å². The van der Waals surface area contributed by atoms with Gasteiger partial charge in [0, 0.05) is 6.42 Å². The minimum atomic E-state index is -0.405. The number of benzene rings is 2. The van der Waals surface area contributed by atoms with Crippen LogP contribution in [0.15, 0.2) is 66.7 Å². The highest BCUT2D eigenvalue weighted by Crippen LogP contribution is 2.18. The number of aromatic nitrogens is 4. The van der Waals surface area contributed by atoms with E-state index in [0.29, 0.717) is 16.5 Å². The van der Waals surface area contributed by atoms with E-state index in [1.807, 2.05) is 36.4 Å². The van der Waals surface area contributed by atoms with E-state index in [1.165, 1.54) is 17.4 Å². The van der Waals surface area contributed by atoms with E-state index in [2.05, 4.69) is 31.0 Å². The summed E-state index contributed by atoms with van der Waals surface area (Å²) >= 11 is 1.31. The Morgan fingerprint density at radius 1 is 0.750 bits per heavy atom. The van der Waals surface area contributed by atoms with Crippen molar-refractivity contribution in [1.82, 2.24) is 20.4 Å². The number of nitrogens with one attached hydrogen (secondary N) is 2. The molecule has 0 saturated heterocycles. The number of rotatable bonds is 11. The number of hydrogen-bond donors (Lipinski definition) is 2. The van der Waals surface area contributed by atoms with Crippen molar-refractivity contribution in [2.24, 2.45) is 0 Å². The van der Waals surface area contributed by atoms with Crippen LogP contribution in [0.2, 0.25) is 0 Å². The molecule has 0 atom stereocenters. The smallest absolute Gasteiger partial charge is 0.230 e. The van der Waals surface area contributed by atoms with Gasteiger partial charge in [-0.3, -0.25) is 9.59 Å². The molecule has 0 radical (unpaired) electrons. The Balaban J connectivity index is 1.15. The van der Waals surface area contributed by atoms with Gasteiger partial charge in [-0.05, 0) is 48.6 Å². The number of nitrogens with zero attached hydrogens (tertiary/aromatic N) is 4. The van der Waals surface area contributed by atoms with Gasteiger partial charge in [-0.25, -0.2) is 4.39 Å². The number of carbonyl (C=O) groups excluding carboxylic acids is 2. The lowest BCUT2D eigenvalue weighted by Crippen LogP contribution is -2.15. The summed E-state index contributed by atoms with van der Waals surface area (Å²) in [4.78, 5) is 24.3. The number of halogens is 1. The summed E-state index contributed by atoms with van der Waals surface area (Å²) in [6, 6.07) is 19.3. The van der Waals surface area contributed by atoms with E-state index in [-0.39, 0.29) is 24.7 Å². The van der Waals surface area contributed by atoms with Crippen LogP contribution in [-0.4, -0.2) is 32.2 Å². The predicted octanol–water partition coefficient (Wildman–Crippen LogP) is 4.40. The Morgan fingerprint density at radius 3 is 2.28 bits per heavy atom. The number of carbonyl (C=O) groups is 2. The summed E-state index contributed by atoms with van der Waals surface area (Å²) < 4.78 is 13.7. The third kappa shape index (κ3) is 7.74. The maximum atomic E-state index is 13.7. The van der Waals surface area contributed by atoms with Crippen LogP contribution in [0.1, 0.15) is 34.7 Å². The molecule has 184 valence electrons. The van der Waals surface area contributed by atoms with Crippen molar-refractivity contribution in [2.45, 2.75) is 38.5 Å². The first kappa shape index (κ1) is 25.1. The minimum Gasteiger partial charge on any atom is -0.309 e. The van der Waals surface area contributed by atoms with Crippen LogP contribution in [-0.2, 0) is 35.3 Å². The van der Waals surface area contributed by atoms with E-state index in [4.69, 9.17) is 0 Å². The summed E-state index contributed by atoms with van der Waals surface area (Å²) in [6.07, 6.45) is 3.45. The first-order chi connectivity index (χ1) is 17.5. The minimum absolute atomic E-state index is 0.0574. The Morgan fingerprint density at radius 2 is 1.50 bits per heavy atom. The van der Waals surface area contributed by atoms with Crippen LogP contribution in [0.4, 0.5) is 15.3 Å². The zero-order valence-electron chi connectivity index (χ0n) is 19.5. The molecule has 2 N–H and O–H groups in total. The first-order valence-corrected chi connectivity index (χ1v) is 12.4. The second-order valence-corrected chi connectivity index (χ2v) is 9.21. The van der Waals surface area contributed by atoms with E-state index >= 15 is 0 Å². The quantitative estimate of drug-likeness (QED) is 0.293. The highest BCUT2D eigenvalue weighted by Gasteiger charge is 2.11. The normalized spacial score (nSPS) is 10.7. The third-order valence-electron chi connectivity index (χ3n) is 5.29. The predicted molar refractivity (Wildman–Crippen MR) is 136 cm³/mol. The van der Waals surface area contributed by atoms with Crippen molar-refractivity contribution in [3.05, 3.63) is 94.4 Å². The van der Waals surface area contributed by atoms with Gasteiger partial charge in [0.2, 0.25) is 16.9 Å². The fourth-order valence-electron chi connectivity index (χ4n) is 3.49. The molecule has 2 aromatic heterocycles. The molecule has 0 spiro atoms. The Labute approximate surface area is 212 Å². The van der Waals surface area contributed by atoms with Crippen LogP contribution in [0.3, 0.4) is 0 Å². The molecule has 0 aliphatic heterocycles. The van der Waals surface area contributed by atoms with Gasteiger partial charge in [-0.2, -0.15) is 5.10 Å². The van der Waals surface area contributed by atoms with E-state index in [9.17, 15) is 14.0 Å². The fourth-order valence-corrected chi connectivity index (χ4v) is 4.29. The summed E-state index contributed by atoms with van der Waals surface area (Å²) in [7, 11) is 0. The number of aryl methyl sites for hydroxylation is 2. The number of anilines is 2. The number of amides is 2. The molecular weight excluding hydrogens is 479 g/mol. The molecule has 0 bridgehead atoms. The second-order valence-electron chi connectivity index (χ2n) is 8.14. The zero-order chi connectivity index (χ0) is 25.2. The molecule has 0 aliphatic carbocycles. The zero-order valence-corrected chi connectivity index (χ0v) is 20.3. The molecule has 0 unspecified atom stereocenters. The molecule has 4 aromatic rings. The lowest BCUT2D eigenvalue weighted by molar-refractivity contribution is -0.116. The summed E-state index contributed by atoms with van der Waals surface area (Å²) in [5, 5.41) is 23.1. The van der Waals surface area contributed by atoms with Gasteiger partial charge in [-0.1, -0.05) is 59.9 Å². The average Bonchev–Trinajstić information content (AvgIpc) is 3.32. The largest absolute Gasteiger partial charge is 0.309 e. The van der Waals surface area contributed by atoms with Crippen LogP contribution in [0.5, 0.6) is 0 Å². The topological polar surface area (TPSA) is 110 Å². The Kier molecular flexibility index (Phi) is 8.77. The third-order valence-corrected chi connectivity index (χ3v) is 6.19. The van der Waals surface area contributed by atoms with E-state index in [1.54, 1.807) is 24.3 Å². The summed E-state index contributed by atoms with van der Waals surface area (Å²) in [6.45, 7) is 0. The van der Waals surface area contributed by atoms with Gasteiger partial charge < -0.3 is 10.6 Å². The van der Waals surface area contributed by atoms with Crippen LogP contribution >= 0.6 is 11.3 Å². The second kappa shape index (κ2) is 12.6. The number of unbranched alkanes of at least 4 members (excludes halogenated alkanes) is 1. The summed E-state index contributed by atoms with van der Waals surface area (Å²) in [5.74, 6) is -0.444. The molecule has 2 aromatic carbocycles. The van der Waals surface area contributed by atoms with Gasteiger partial charge in [0.1, 0.15) is 10.8 Å². The van der Waals surface area contributed by atoms with Crippen molar-refractivity contribution < 1.29 is 14.0 Å². The van der Waals surface area contributed by atoms with Gasteiger partial charge in [-0.15, -0.1) is 15.3 Å².